The number of nitrogens with zero attached hydrogens (tertiary/aromatic N) is 3. The first-order valence-corrected chi connectivity index (χ1v) is 7.73. The molecule has 2 rings (SSSR count). The van der Waals surface area contributed by atoms with E-state index in [0.717, 1.165) is 5.69 Å². The van der Waals surface area contributed by atoms with Crippen LogP contribution in [0.3, 0.4) is 0 Å². The molecular formula is C16H22N4O3. The van der Waals surface area contributed by atoms with Gasteiger partial charge in [-0.2, -0.15) is 4.98 Å². The van der Waals surface area contributed by atoms with Gasteiger partial charge in [-0.05, 0) is 13.0 Å². The van der Waals surface area contributed by atoms with Crippen LogP contribution in [-0.4, -0.2) is 27.2 Å². The van der Waals surface area contributed by atoms with Crippen molar-refractivity contribution in [3.05, 3.63) is 46.0 Å². The van der Waals surface area contributed by atoms with Crippen molar-refractivity contribution in [2.24, 2.45) is 0 Å². The van der Waals surface area contributed by atoms with Crippen LogP contribution >= 0.6 is 0 Å². The molecule has 0 saturated carbocycles. The zero-order valence-electron chi connectivity index (χ0n) is 13.7. The topological polar surface area (TPSA) is 90.0 Å². The Bertz CT molecular complexity index is 718. The predicted octanol–water partition coefficient (Wildman–Crippen LogP) is 1.41. The van der Waals surface area contributed by atoms with E-state index in [1.165, 1.54) is 6.07 Å². The Hall–Kier alpha value is -2.44. The number of carbonyl (C=O) groups is 1. The lowest BCUT2D eigenvalue weighted by Gasteiger charge is -2.09. The van der Waals surface area contributed by atoms with Gasteiger partial charge in [-0.3, -0.25) is 9.59 Å². The minimum absolute atomic E-state index is 0.0918. The molecule has 0 radical (unpaired) electrons. The van der Waals surface area contributed by atoms with Crippen molar-refractivity contribution in [2.75, 3.05) is 6.54 Å². The van der Waals surface area contributed by atoms with Gasteiger partial charge in [0.2, 0.25) is 11.8 Å². The summed E-state index contributed by atoms with van der Waals surface area (Å²) in [4.78, 5) is 27.8. The summed E-state index contributed by atoms with van der Waals surface area (Å²) in [5.41, 5.74) is 0.754. The minimum Gasteiger partial charge on any atom is -0.356 e. The Kier molecular flexibility index (Phi) is 5.67. The van der Waals surface area contributed by atoms with Gasteiger partial charge in [0.25, 0.3) is 5.56 Å². The normalized spacial score (nSPS) is 11.0. The highest BCUT2D eigenvalue weighted by atomic mass is 16.5. The largest absolute Gasteiger partial charge is 0.356 e. The third-order valence-corrected chi connectivity index (χ3v) is 3.48. The quantitative estimate of drug-likeness (QED) is 0.833. The molecule has 1 amide bonds. The minimum atomic E-state index is -0.104. The van der Waals surface area contributed by atoms with Crippen LogP contribution in [0, 0.1) is 6.92 Å². The summed E-state index contributed by atoms with van der Waals surface area (Å²) < 4.78 is 6.69. The van der Waals surface area contributed by atoms with E-state index in [0.29, 0.717) is 31.2 Å². The highest BCUT2D eigenvalue weighted by Gasteiger charge is 2.10. The molecule has 0 saturated heterocycles. The van der Waals surface area contributed by atoms with E-state index in [1.807, 2.05) is 26.8 Å². The number of rotatable bonds is 7. The molecule has 0 unspecified atom stereocenters. The van der Waals surface area contributed by atoms with Crippen LogP contribution < -0.4 is 10.9 Å². The molecule has 0 aliphatic carbocycles. The Morgan fingerprint density at radius 2 is 2.17 bits per heavy atom. The molecule has 2 heterocycles. The van der Waals surface area contributed by atoms with Crippen LogP contribution in [0.2, 0.25) is 0 Å². The van der Waals surface area contributed by atoms with E-state index in [1.54, 1.807) is 10.6 Å². The van der Waals surface area contributed by atoms with E-state index < -0.39 is 0 Å². The highest BCUT2D eigenvalue weighted by molar-refractivity contribution is 5.75. The van der Waals surface area contributed by atoms with Crippen molar-refractivity contribution in [1.82, 2.24) is 20.0 Å². The Balaban J connectivity index is 1.76. The Morgan fingerprint density at radius 3 is 2.83 bits per heavy atom. The summed E-state index contributed by atoms with van der Waals surface area (Å²) in [6.07, 6.45) is 0.778. The summed E-state index contributed by atoms with van der Waals surface area (Å²) in [6.45, 7) is 6.62. The van der Waals surface area contributed by atoms with Gasteiger partial charge < -0.3 is 14.4 Å². The average Bonchev–Trinajstić information content (AvgIpc) is 2.96. The number of nitrogens with one attached hydrogen (secondary N) is 1. The van der Waals surface area contributed by atoms with Gasteiger partial charge in [0.15, 0.2) is 5.82 Å². The molecule has 0 aliphatic heterocycles. The predicted molar refractivity (Wildman–Crippen MR) is 85.2 cm³/mol. The second-order valence-corrected chi connectivity index (χ2v) is 5.71. The fourth-order valence-electron chi connectivity index (χ4n) is 2.13. The first-order valence-electron chi connectivity index (χ1n) is 7.73. The summed E-state index contributed by atoms with van der Waals surface area (Å²) in [5, 5.41) is 6.67. The van der Waals surface area contributed by atoms with Crippen LogP contribution in [0.25, 0.3) is 0 Å². The maximum absolute atomic E-state index is 11.9. The summed E-state index contributed by atoms with van der Waals surface area (Å²) in [6, 6.07) is 5.06. The van der Waals surface area contributed by atoms with Gasteiger partial charge in [0, 0.05) is 43.6 Å². The lowest BCUT2D eigenvalue weighted by Crippen LogP contribution is -2.29. The molecule has 2 aromatic heterocycles. The van der Waals surface area contributed by atoms with Crippen LogP contribution in [-0.2, 0) is 17.8 Å². The van der Waals surface area contributed by atoms with Crippen molar-refractivity contribution in [2.45, 2.75) is 46.1 Å². The lowest BCUT2D eigenvalue weighted by atomic mass is 10.2. The van der Waals surface area contributed by atoms with E-state index in [4.69, 9.17) is 4.52 Å². The molecule has 0 atom stereocenters. The van der Waals surface area contributed by atoms with E-state index in [2.05, 4.69) is 15.5 Å². The highest BCUT2D eigenvalue weighted by Crippen LogP contribution is 2.10. The summed E-state index contributed by atoms with van der Waals surface area (Å²) in [5.74, 6) is 1.28. The second kappa shape index (κ2) is 7.71. The van der Waals surface area contributed by atoms with Gasteiger partial charge in [-0.25, -0.2) is 0 Å². The van der Waals surface area contributed by atoms with Crippen molar-refractivity contribution >= 4 is 5.91 Å². The molecule has 0 spiro atoms. The third kappa shape index (κ3) is 4.77. The maximum atomic E-state index is 11.9. The fourth-order valence-corrected chi connectivity index (χ4v) is 2.13. The zero-order chi connectivity index (χ0) is 16.8. The van der Waals surface area contributed by atoms with Crippen molar-refractivity contribution in [3.63, 3.8) is 0 Å². The third-order valence-electron chi connectivity index (χ3n) is 3.48. The molecule has 7 nitrogen and oxygen atoms in total. The van der Waals surface area contributed by atoms with Gasteiger partial charge in [-0.1, -0.05) is 25.1 Å². The zero-order valence-corrected chi connectivity index (χ0v) is 13.7. The van der Waals surface area contributed by atoms with E-state index >= 15 is 0 Å². The van der Waals surface area contributed by atoms with E-state index in [9.17, 15) is 9.59 Å². The lowest BCUT2D eigenvalue weighted by molar-refractivity contribution is -0.121. The summed E-state index contributed by atoms with van der Waals surface area (Å²) >= 11 is 0. The number of amides is 1. The Labute approximate surface area is 134 Å². The smallest absolute Gasteiger partial charge is 0.250 e. The number of hydrogen-bond donors (Lipinski definition) is 1. The summed E-state index contributed by atoms with van der Waals surface area (Å²) in [7, 11) is 0. The van der Waals surface area contributed by atoms with Gasteiger partial charge >= 0.3 is 0 Å². The van der Waals surface area contributed by atoms with Gasteiger partial charge in [-0.15, -0.1) is 0 Å². The van der Waals surface area contributed by atoms with Gasteiger partial charge in [0.05, 0.1) is 0 Å². The molecule has 2 aromatic rings. The van der Waals surface area contributed by atoms with Crippen molar-refractivity contribution in [1.29, 1.82) is 0 Å². The molecule has 0 fully saturated rings. The molecule has 23 heavy (non-hydrogen) atoms. The number of aromatic nitrogens is 3. The molecule has 7 heteroatoms. The van der Waals surface area contributed by atoms with Crippen molar-refractivity contribution in [3.8, 4) is 0 Å². The molecule has 124 valence electrons. The Morgan fingerprint density at radius 1 is 1.39 bits per heavy atom. The van der Waals surface area contributed by atoms with Crippen LogP contribution in [0.1, 0.15) is 43.6 Å². The van der Waals surface area contributed by atoms with E-state index in [-0.39, 0.29) is 23.8 Å². The molecule has 0 aliphatic rings. The monoisotopic (exact) mass is 318 g/mol. The molecule has 0 bridgehead atoms. The molecule has 0 aromatic carbocycles. The molecule has 1 N–H and O–H groups in total. The first kappa shape index (κ1) is 16.9. The van der Waals surface area contributed by atoms with Crippen LogP contribution in [0.5, 0.6) is 0 Å². The number of aryl methyl sites for hydroxylation is 1. The maximum Gasteiger partial charge on any atom is 0.250 e. The SMILES string of the molecule is Cc1cccc(=O)n1CCC(=O)NCCc1noc(C(C)C)n1. The molecular weight excluding hydrogens is 296 g/mol. The van der Waals surface area contributed by atoms with Crippen LogP contribution in [0.15, 0.2) is 27.5 Å². The standard InChI is InChI=1S/C16H22N4O3/c1-11(2)16-18-13(19-23-16)7-9-17-14(21)8-10-20-12(3)5-4-6-15(20)22/h4-6,11H,7-10H2,1-3H3,(H,17,21). The second-order valence-electron chi connectivity index (χ2n) is 5.71. The number of pyridine rings is 1. The van der Waals surface area contributed by atoms with Crippen LogP contribution in [0.4, 0.5) is 0 Å². The average molecular weight is 318 g/mol. The first-order chi connectivity index (χ1) is 11.0. The fraction of sp³-hybridized carbons (Fsp3) is 0.500. The van der Waals surface area contributed by atoms with Gasteiger partial charge in [0.1, 0.15) is 0 Å². The van der Waals surface area contributed by atoms with Crippen molar-refractivity contribution < 1.29 is 9.32 Å². The number of hydrogen-bond acceptors (Lipinski definition) is 5. The number of carbonyl (C=O) groups excluding carboxylic acids is 1.